The molecule has 44 heavy (non-hydrogen) atoms. The average Bonchev–Trinajstić information content (AvgIpc) is 2.91. The highest BCUT2D eigenvalue weighted by atomic mass is 35.5. The maximum atomic E-state index is 5.38. The molecule has 3 aromatic rings. The number of aryl methyl sites for hydroxylation is 1. The Balaban J connectivity index is -0.000000304. The van der Waals surface area contributed by atoms with Gasteiger partial charge in [0.1, 0.15) is 0 Å². The van der Waals surface area contributed by atoms with Gasteiger partial charge in [-0.1, -0.05) is 157 Å². The van der Waals surface area contributed by atoms with Crippen LogP contribution in [-0.2, 0) is 13.0 Å². The smallest absolute Gasteiger partial charge is 0.288 e. The largest absolute Gasteiger partial charge is 1.00 e. The van der Waals surface area contributed by atoms with Gasteiger partial charge in [-0.2, -0.15) is 0 Å². The summed E-state index contributed by atoms with van der Waals surface area (Å²) in [5.41, 5.74) is 8.39. The van der Waals surface area contributed by atoms with Crippen molar-refractivity contribution in [2.45, 2.75) is 141 Å². The Morgan fingerprint density at radius 3 is 1.34 bits per heavy atom. The first-order valence-corrected chi connectivity index (χ1v) is 13.6. The number of benzene rings is 3. The van der Waals surface area contributed by atoms with Crippen LogP contribution >= 0.6 is 0 Å². The Labute approximate surface area is 285 Å². The zero-order chi connectivity index (χ0) is 25.2. The second-order valence-electron chi connectivity index (χ2n) is 10.3. The molecule has 3 aromatic carbocycles. The summed E-state index contributed by atoms with van der Waals surface area (Å²) < 4.78 is 0. The van der Waals surface area contributed by atoms with Crippen LogP contribution < -0.4 is 12.4 Å². The highest BCUT2D eigenvalue weighted by Crippen LogP contribution is 2.39. The highest BCUT2D eigenvalue weighted by Gasteiger charge is 2.22. The summed E-state index contributed by atoms with van der Waals surface area (Å²) in [5, 5.41) is 0. The zero-order valence-corrected chi connectivity index (χ0v) is 25.6. The van der Waals surface area contributed by atoms with Gasteiger partial charge in [-0.05, 0) is 83.6 Å². The summed E-state index contributed by atoms with van der Waals surface area (Å²) in [6.07, 6.45) is 5.77. The molecule has 1 nitrogen and oxygen atoms in total. The van der Waals surface area contributed by atoms with Crippen LogP contribution in [0.25, 0.3) is 4.85 Å². The van der Waals surface area contributed by atoms with Crippen molar-refractivity contribution in [3.05, 3.63) is 126 Å². The predicted octanol–water partition coefficient (Wildman–Crippen LogP) is 11.8. The first-order chi connectivity index (χ1) is 17.0. The Hall–Kier alpha value is -2.82. The van der Waals surface area contributed by atoms with E-state index in [9.17, 15) is 0 Å². The Kier molecular flexibility index (Phi) is 37.4. The summed E-state index contributed by atoms with van der Waals surface area (Å²) >= 11 is 0. The van der Waals surface area contributed by atoms with E-state index < -0.39 is 0 Å². The van der Waals surface area contributed by atoms with Crippen molar-refractivity contribution in [3.8, 4) is 6.57 Å². The van der Waals surface area contributed by atoms with Crippen LogP contribution in [0.1, 0.15) is 162 Å². The molecule has 0 bridgehead atoms. The van der Waals surface area contributed by atoms with Crippen molar-refractivity contribution < 1.29 is 12.4 Å². The molecule has 3 rings (SSSR count). The molecule has 0 radical (unpaired) electrons. The Morgan fingerprint density at radius 1 is 0.523 bits per heavy atom. The fourth-order valence-electron chi connectivity index (χ4n) is 5.23. The third-order valence-electron chi connectivity index (χ3n) is 7.97. The van der Waals surface area contributed by atoms with Gasteiger partial charge in [0, 0.05) is 20.4 Å². The van der Waals surface area contributed by atoms with Crippen LogP contribution in [-0.4, -0.2) is 0 Å². The minimum absolute atomic E-state index is 0. The molecule has 4 atom stereocenters. The van der Waals surface area contributed by atoms with Gasteiger partial charge in [-0.15, -0.1) is 0 Å². The van der Waals surface area contributed by atoms with E-state index >= 15 is 0 Å². The van der Waals surface area contributed by atoms with E-state index in [0.29, 0.717) is 30.2 Å². The molecule has 0 heterocycles. The van der Waals surface area contributed by atoms with E-state index in [1.165, 1.54) is 52.6 Å². The van der Waals surface area contributed by atoms with E-state index in [4.69, 9.17) is 6.57 Å². The first-order valence-electron chi connectivity index (χ1n) is 13.6. The molecular formula is C42H74ClN+2. The van der Waals surface area contributed by atoms with Crippen LogP contribution in [0.2, 0.25) is 0 Å². The average molecular weight is 629 g/mol. The molecule has 0 N–H and O–H groups in total. The summed E-state index contributed by atoms with van der Waals surface area (Å²) in [5.74, 6) is 2.19. The van der Waals surface area contributed by atoms with Crippen LogP contribution in [0, 0.1) is 21.4 Å². The second kappa shape index (κ2) is 28.9. The highest BCUT2D eigenvalue weighted by molar-refractivity contribution is 5.31. The maximum absolute atomic E-state index is 5.38. The molecule has 0 saturated heterocycles. The quantitative estimate of drug-likeness (QED) is 0.176. The molecule has 4 unspecified atom stereocenters. The van der Waals surface area contributed by atoms with Gasteiger partial charge in [0.15, 0.2) is 0 Å². The van der Waals surface area contributed by atoms with Gasteiger partial charge in [-0.3, -0.25) is 0 Å². The zero-order valence-electron chi connectivity index (χ0n) is 24.9. The number of halogens is 1. The molecule has 0 aliphatic carbocycles. The lowest BCUT2D eigenvalue weighted by molar-refractivity contribution is -0.0000104. The van der Waals surface area contributed by atoms with Crippen LogP contribution in [0.5, 0.6) is 0 Å². The molecule has 0 aliphatic heterocycles. The van der Waals surface area contributed by atoms with Gasteiger partial charge in [-0.25, -0.2) is 0 Å². The molecule has 0 fully saturated rings. The Morgan fingerprint density at radius 2 is 0.909 bits per heavy atom. The number of rotatable bonds is 12. The SMILES string of the molecule is C.C.C.C.C.C.C#[N+]Cc1ccc(C(C)CC(CC(CC)c2ccc(CC)cc2)c2ccc(C(C)CC)cc2)cc1.[CH3+].[CH3+].[Cl-]. The van der Waals surface area contributed by atoms with Crippen LogP contribution in [0.4, 0.5) is 0 Å². The van der Waals surface area contributed by atoms with Crippen molar-refractivity contribution in [1.82, 2.24) is 0 Å². The number of hydrogen-bond donors (Lipinski definition) is 0. The van der Waals surface area contributed by atoms with Gasteiger partial charge in [0.25, 0.3) is 13.1 Å². The molecule has 0 aromatic heterocycles. The van der Waals surface area contributed by atoms with Gasteiger partial charge >= 0.3 is 0 Å². The lowest BCUT2D eigenvalue weighted by Gasteiger charge is -2.27. The summed E-state index contributed by atoms with van der Waals surface area (Å²) in [6.45, 7) is 17.5. The van der Waals surface area contributed by atoms with Crippen molar-refractivity contribution >= 4 is 0 Å². The molecule has 2 heteroatoms. The van der Waals surface area contributed by atoms with Crippen LogP contribution in [0.3, 0.4) is 0 Å². The van der Waals surface area contributed by atoms with Crippen molar-refractivity contribution in [3.63, 3.8) is 0 Å². The van der Waals surface area contributed by atoms with Gasteiger partial charge in [0.2, 0.25) is 0 Å². The van der Waals surface area contributed by atoms with E-state index in [2.05, 4.69) is 112 Å². The first kappa shape index (κ1) is 56.9. The summed E-state index contributed by atoms with van der Waals surface area (Å²) in [6, 6.07) is 27.7. The second-order valence-corrected chi connectivity index (χ2v) is 10.3. The van der Waals surface area contributed by atoms with Crippen molar-refractivity contribution in [2.24, 2.45) is 0 Å². The van der Waals surface area contributed by atoms with Crippen molar-refractivity contribution in [1.29, 1.82) is 0 Å². The monoisotopic (exact) mass is 628 g/mol. The maximum Gasteiger partial charge on any atom is 0.288 e. The molecule has 0 saturated carbocycles. The molecule has 0 aliphatic rings. The molecule has 0 amide bonds. The number of nitrogens with zero attached hydrogens (tertiary/aromatic N) is 1. The third kappa shape index (κ3) is 15.8. The lowest BCUT2D eigenvalue weighted by Crippen LogP contribution is -3.00. The van der Waals surface area contributed by atoms with E-state index in [-0.39, 0.29) is 71.8 Å². The molecular weight excluding hydrogens is 554 g/mol. The third-order valence-corrected chi connectivity index (χ3v) is 7.97. The van der Waals surface area contributed by atoms with E-state index in [1.807, 2.05) is 0 Å². The lowest BCUT2D eigenvalue weighted by atomic mass is 9.78. The normalized spacial score (nSPS) is 11.6. The fraction of sp³-hybridized carbons (Fsp3) is 0.500. The molecule has 0 spiro atoms. The standard InChI is InChI=1S/C34H44N.6CH4.2CH3.ClH/c1-7-25(4)30-18-20-33(21-19-30)34(22-26(5)31-14-12-28(13-15-31)24-35-6)23-29(9-3)32-16-10-27(8-2)11-17-32;;;;;;;;;/h6,10-21,25-26,29,34H,7-9,22-24H2,1-5H3;6*1H4;2*1H3;1H/q+1;;;;;;;2*+1;/p-1. The minimum atomic E-state index is 0. The van der Waals surface area contributed by atoms with Crippen LogP contribution in [0.15, 0.2) is 72.8 Å². The predicted molar refractivity (Wildman–Crippen MR) is 206 cm³/mol. The minimum Gasteiger partial charge on any atom is -1.00 e. The summed E-state index contributed by atoms with van der Waals surface area (Å²) in [4.78, 5) is 3.78. The van der Waals surface area contributed by atoms with Gasteiger partial charge < -0.3 is 12.4 Å². The topological polar surface area (TPSA) is 4.36 Å². The number of hydrogen-bond acceptors (Lipinski definition) is 0. The van der Waals surface area contributed by atoms with Gasteiger partial charge in [0.05, 0.1) is 0 Å². The summed E-state index contributed by atoms with van der Waals surface area (Å²) in [7, 11) is 0. The van der Waals surface area contributed by atoms with E-state index in [0.717, 1.165) is 12.8 Å². The molecule has 252 valence electrons. The van der Waals surface area contributed by atoms with E-state index in [1.54, 1.807) is 0 Å². The fourth-order valence-corrected chi connectivity index (χ4v) is 5.23. The van der Waals surface area contributed by atoms with Crippen molar-refractivity contribution in [2.75, 3.05) is 0 Å². The Bertz CT molecular complexity index is 1060.